The maximum atomic E-state index is 12.5. The van der Waals surface area contributed by atoms with Crippen LogP contribution in [-0.4, -0.2) is 50.3 Å². The summed E-state index contributed by atoms with van der Waals surface area (Å²) in [6.07, 6.45) is 6.42. The van der Waals surface area contributed by atoms with E-state index in [4.69, 9.17) is 0 Å². The number of amides is 2. The van der Waals surface area contributed by atoms with Crippen LogP contribution in [0.5, 0.6) is 0 Å². The van der Waals surface area contributed by atoms with E-state index in [0.717, 1.165) is 31.2 Å². The summed E-state index contributed by atoms with van der Waals surface area (Å²) in [5.74, 6) is -0.154. The van der Waals surface area contributed by atoms with E-state index in [1.807, 2.05) is 10.8 Å². The fourth-order valence-corrected chi connectivity index (χ4v) is 5.37. The molecule has 1 aromatic carbocycles. The lowest BCUT2D eigenvalue weighted by atomic mass is 10.0. The fraction of sp³-hybridized carbons (Fsp3) is 0.364. The number of nitrogens with one attached hydrogen (secondary N) is 2. The van der Waals surface area contributed by atoms with Gasteiger partial charge in [-0.05, 0) is 60.9 Å². The van der Waals surface area contributed by atoms with Crippen LogP contribution < -0.4 is 10.0 Å². The van der Waals surface area contributed by atoms with Crippen molar-refractivity contribution in [2.75, 3.05) is 13.1 Å². The highest BCUT2D eigenvalue weighted by atomic mass is 32.2. The van der Waals surface area contributed by atoms with Crippen molar-refractivity contribution < 1.29 is 18.0 Å². The van der Waals surface area contributed by atoms with Gasteiger partial charge < -0.3 is 10.2 Å². The SMILES string of the molecule is O=C(NC1CCN(C(=O)/C=C/c2ccc(S(=O)(=O)NC3CC3)cc2)CC1)c1ccsc1. The van der Waals surface area contributed by atoms with Gasteiger partial charge in [0, 0.05) is 42.2 Å². The second-order valence-corrected chi connectivity index (χ2v) is 10.4. The number of carbonyl (C=O) groups is 2. The van der Waals surface area contributed by atoms with Crippen LogP contribution in [0.1, 0.15) is 41.6 Å². The normalized spacial score (nSPS) is 17.7. The van der Waals surface area contributed by atoms with Gasteiger partial charge in [0.2, 0.25) is 15.9 Å². The predicted molar refractivity (Wildman–Crippen MR) is 120 cm³/mol. The highest BCUT2D eigenvalue weighted by Gasteiger charge is 2.28. The van der Waals surface area contributed by atoms with Crippen LogP contribution >= 0.6 is 11.3 Å². The summed E-state index contributed by atoms with van der Waals surface area (Å²) < 4.78 is 27.1. The molecule has 0 spiro atoms. The van der Waals surface area contributed by atoms with Crippen molar-refractivity contribution in [1.29, 1.82) is 0 Å². The lowest BCUT2D eigenvalue weighted by molar-refractivity contribution is -0.127. The van der Waals surface area contributed by atoms with Crippen LogP contribution in [0.3, 0.4) is 0 Å². The van der Waals surface area contributed by atoms with Crippen LogP contribution in [0.2, 0.25) is 0 Å². The Balaban J connectivity index is 1.26. The van der Waals surface area contributed by atoms with Crippen molar-refractivity contribution in [3.05, 3.63) is 58.3 Å². The number of benzene rings is 1. The Labute approximate surface area is 186 Å². The number of hydrogen-bond acceptors (Lipinski definition) is 5. The molecule has 0 unspecified atom stereocenters. The highest BCUT2D eigenvalue weighted by Crippen LogP contribution is 2.22. The first kappa shape index (κ1) is 21.7. The number of hydrogen-bond donors (Lipinski definition) is 2. The van der Waals surface area contributed by atoms with Gasteiger partial charge in [0.25, 0.3) is 5.91 Å². The lowest BCUT2D eigenvalue weighted by Gasteiger charge is -2.31. The molecule has 2 N–H and O–H groups in total. The zero-order valence-corrected chi connectivity index (χ0v) is 18.6. The molecule has 9 heteroatoms. The van der Waals surface area contributed by atoms with Crippen molar-refractivity contribution in [1.82, 2.24) is 14.9 Å². The largest absolute Gasteiger partial charge is 0.349 e. The fourth-order valence-electron chi connectivity index (χ4n) is 3.43. The number of likely N-dealkylation sites (tertiary alicyclic amines) is 1. The molecule has 1 aliphatic heterocycles. The molecule has 31 heavy (non-hydrogen) atoms. The molecule has 2 aromatic rings. The third kappa shape index (κ3) is 5.81. The monoisotopic (exact) mass is 459 g/mol. The molecule has 1 aliphatic carbocycles. The molecule has 164 valence electrons. The van der Waals surface area contributed by atoms with Crippen LogP contribution in [-0.2, 0) is 14.8 Å². The van der Waals surface area contributed by atoms with Gasteiger partial charge in [-0.15, -0.1) is 0 Å². The summed E-state index contributed by atoms with van der Waals surface area (Å²) in [6, 6.07) is 8.42. The Kier molecular flexibility index (Phi) is 6.54. The first-order valence-electron chi connectivity index (χ1n) is 10.3. The number of nitrogens with zero attached hydrogens (tertiary/aromatic N) is 1. The Morgan fingerprint density at radius 2 is 1.71 bits per heavy atom. The average Bonchev–Trinajstić information content (AvgIpc) is 3.39. The van der Waals surface area contributed by atoms with E-state index in [-0.39, 0.29) is 28.8 Å². The quantitative estimate of drug-likeness (QED) is 0.622. The molecule has 1 saturated heterocycles. The zero-order valence-electron chi connectivity index (χ0n) is 17.0. The lowest BCUT2D eigenvalue weighted by Crippen LogP contribution is -2.46. The molecule has 2 amide bonds. The minimum Gasteiger partial charge on any atom is -0.349 e. The number of piperidine rings is 1. The van der Waals surface area contributed by atoms with Gasteiger partial charge in [0.1, 0.15) is 0 Å². The minimum atomic E-state index is -3.47. The molecule has 0 bridgehead atoms. The Hall–Kier alpha value is -2.49. The molecule has 0 radical (unpaired) electrons. The summed E-state index contributed by atoms with van der Waals surface area (Å²) in [6.45, 7) is 1.17. The van der Waals surface area contributed by atoms with Crippen molar-refractivity contribution in [2.45, 2.75) is 42.7 Å². The second-order valence-electron chi connectivity index (χ2n) is 7.88. The third-order valence-corrected chi connectivity index (χ3v) is 7.65. The van der Waals surface area contributed by atoms with Gasteiger partial charge >= 0.3 is 0 Å². The van der Waals surface area contributed by atoms with E-state index in [9.17, 15) is 18.0 Å². The van der Waals surface area contributed by atoms with Crippen molar-refractivity contribution in [3.8, 4) is 0 Å². The van der Waals surface area contributed by atoms with Crippen molar-refractivity contribution in [2.24, 2.45) is 0 Å². The minimum absolute atomic E-state index is 0.0651. The Morgan fingerprint density at radius 3 is 2.32 bits per heavy atom. The molecule has 2 aliphatic rings. The first-order valence-corrected chi connectivity index (χ1v) is 12.8. The van der Waals surface area contributed by atoms with Crippen LogP contribution in [0.25, 0.3) is 6.08 Å². The van der Waals surface area contributed by atoms with Gasteiger partial charge in [-0.3, -0.25) is 9.59 Å². The molecule has 1 saturated carbocycles. The average molecular weight is 460 g/mol. The summed E-state index contributed by atoms with van der Waals surface area (Å²) in [7, 11) is -3.47. The van der Waals surface area contributed by atoms with E-state index >= 15 is 0 Å². The summed E-state index contributed by atoms with van der Waals surface area (Å²) >= 11 is 1.49. The van der Waals surface area contributed by atoms with Gasteiger partial charge in [-0.1, -0.05) is 12.1 Å². The molecular weight excluding hydrogens is 434 g/mol. The van der Waals surface area contributed by atoms with E-state index in [2.05, 4.69) is 10.0 Å². The molecule has 2 heterocycles. The predicted octanol–water partition coefficient (Wildman–Crippen LogP) is 2.62. The van der Waals surface area contributed by atoms with Gasteiger partial charge in [-0.25, -0.2) is 13.1 Å². The molecule has 2 fully saturated rings. The second kappa shape index (κ2) is 9.33. The molecule has 1 aromatic heterocycles. The first-order chi connectivity index (χ1) is 14.9. The Morgan fingerprint density at radius 1 is 1.00 bits per heavy atom. The van der Waals surface area contributed by atoms with Crippen molar-refractivity contribution >= 4 is 39.3 Å². The molecule has 7 nitrogen and oxygen atoms in total. The van der Waals surface area contributed by atoms with Gasteiger partial charge in [-0.2, -0.15) is 11.3 Å². The van der Waals surface area contributed by atoms with Crippen LogP contribution in [0, 0.1) is 0 Å². The number of sulfonamides is 1. The summed E-state index contributed by atoms with van der Waals surface area (Å²) in [5, 5.41) is 6.73. The van der Waals surface area contributed by atoms with Gasteiger partial charge in [0.05, 0.1) is 4.90 Å². The van der Waals surface area contributed by atoms with E-state index in [1.165, 1.54) is 17.4 Å². The van der Waals surface area contributed by atoms with Crippen molar-refractivity contribution in [3.63, 3.8) is 0 Å². The topological polar surface area (TPSA) is 95.6 Å². The number of rotatable bonds is 7. The van der Waals surface area contributed by atoms with Crippen LogP contribution in [0.4, 0.5) is 0 Å². The Bertz CT molecular complexity index is 1050. The van der Waals surface area contributed by atoms with Gasteiger partial charge in [0.15, 0.2) is 0 Å². The maximum Gasteiger partial charge on any atom is 0.252 e. The van der Waals surface area contributed by atoms with Crippen LogP contribution in [0.15, 0.2) is 52.1 Å². The molecule has 0 atom stereocenters. The van der Waals surface area contributed by atoms with E-state index in [1.54, 1.807) is 41.3 Å². The third-order valence-electron chi connectivity index (χ3n) is 5.43. The standard InChI is InChI=1S/C22H25N3O4S2/c26-21(25-12-9-18(10-13-25)23-22(27)17-11-14-30-15-17)8-3-16-1-6-20(7-2-16)31(28,29)24-19-4-5-19/h1-3,6-8,11,14-15,18-19,24H,4-5,9-10,12-13H2,(H,23,27)/b8-3+. The smallest absolute Gasteiger partial charge is 0.252 e. The maximum absolute atomic E-state index is 12.5. The van der Waals surface area contributed by atoms with E-state index < -0.39 is 10.0 Å². The number of carbonyl (C=O) groups excluding carboxylic acids is 2. The molecular formula is C22H25N3O4S2. The zero-order chi connectivity index (χ0) is 21.8. The highest BCUT2D eigenvalue weighted by molar-refractivity contribution is 7.89. The number of thiophene rings is 1. The summed E-state index contributed by atoms with van der Waals surface area (Å²) in [4.78, 5) is 26.6. The molecule has 4 rings (SSSR count). The van der Waals surface area contributed by atoms with E-state index in [0.29, 0.717) is 18.7 Å². The summed E-state index contributed by atoms with van der Waals surface area (Å²) in [5.41, 5.74) is 1.44.